The molecule has 1 N–H and O–H groups in total. The van der Waals surface area contributed by atoms with Gasteiger partial charge in [0.25, 0.3) is 5.91 Å². The van der Waals surface area contributed by atoms with Gasteiger partial charge >= 0.3 is 0 Å². The summed E-state index contributed by atoms with van der Waals surface area (Å²) < 4.78 is 1.96. The Labute approximate surface area is 159 Å². The summed E-state index contributed by atoms with van der Waals surface area (Å²) in [6.07, 6.45) is 0.682. The summed E-state index contributed by atoms with van der Waals surface area (Å²) in [4.78, 5) is 15.1. The van der Waals surface area contributed by atoms with Crippen LogP contribution in [0.3, 0.4) is 0 Å². The predicted molar refractivity (Wildman–Crippen MR) is 107 cm³/mol. The molecular weight excluding hydrogens is 336 g/mol. The van der Waals surface area contributed by atoms with Gasteiger partial charge in [-0.15, -0.1) is 0 Å². The van der Waals surface area contributed by atoms with Crippen LogP contribution in [0, 0.1) is 13.8 Å². The second-order valence-corrected chi connectivity index (χ2v) is 6.92. The summed E-state index contributed by atoms with van der Waals surface area (Å²) in [5.41, 5.74) is 5.68. The molecule has 27 heavy (non-hydrogen) atoms. The van der Waals surface area contributed by atoms with E-state index in [2.05, 4.69) is 19.2 Å². The van der Waals surface area contributed by atoms with Gasteiger partial charge < -0.3 is 10.2 Å². The summed E-state index contributed by atoms with van der Waals surface area (Å²) in [6.45, 7) is 6.87. The highest BCUT2D eigenvalue weighted by Crippen LogP contribution is 2.36. The van der Waals surface area contributed by atoms with Crippen molar-refractivity contribution in [2.45, 2.75) is 33.4 Å². The molecule has 5 heteroatoms. The number of carbonyl (C=O) groups excluding carboxylic acids is 1. The Kier molecular flexibility index (Phi) is 4.44. The molecule has 1 aliphatic heterocycles. The van der Waals surface area contributed by atoms with E-state index >= 15 is 0 Å². The van der Waals surface area contributed by atoms with Crippen molar-refractivity contribution in [1.29, 1.82) is 0 Å². The van der Waals surface area contributed by atoms with Gasteiger partial charge in [-0.3, -0.25) is 4.79 Å². The molecule has 0 aliphatic carbocycles. The summed E-state index contributed by atoms with van der Waals surface area (Å²) in [5.74, 6) is 0.0717. The van der Waals surface area contributed by atoms with Gasteiger partial charge in [0.15, 0.2) is 0 Å². The minimum atomic E-state index is -0.218. The van der Waals surface area contributed by atoms with E-state index in [0.717, 1.165) is 40.3 Å². The molecule has 0 saturated heterocycles. The Bertz CT molecular complexity index is 977. The number of rotatable bonds is 4. The van der Waals surface area contributed by atoms with Gasteiger partial charge in [0.1, 0.15) is 6.17 Å². The first kappa shape index (κ1) is 17.3. The molecule has 2 aromatic carbocycles. The zero-order chi connectivity index (χ0) is 19.0. The van der Waals surface area contributed by atoms with E-state index in [1.807, 2.05) is 71.1 Å². The molecule has 3 aromatic rings. The van der Waals surface area contributed by atoms with Crippen molar-refractivity contribution in [3.8, 4) is 5.69 Å². The van der Waals surface area contributed by atoms with E-state index in [1.54, 1.807) is 0 Å². The number of nitrogens with zero attached hydrogens (tertiary/aromatic N) is 3. The van der Waals surface area contributed by atoms with Gasteiger partial charge in [0.2, 0.25) is 0 Å². The van der Waals surface area contributed by atoms with Crippen molar-refractivity contribution in [2.24, 2.45) is 0 Å². The van der Waals surface area contributed by atoms with E-state index in [1.165, 1.54) is 0 Å². The number of para-hydroxylation sites is 2. The van der Waals surface area contributed by atoms with Crippen molar-refractivity contribution in [3.05, 3.63) is 77.1 Å². The van der Waals surface area contributed by atoms with Crippen LogP contribution in [-0.2, 0) is 0 Å². The molecule has 0 radical (unpaired) electrons. The second-order valence-electron chi connectivity index (χ2n) is 6.92. The first-order valence-electron chi connectivity index (χ1n) is 9.40. The maximum Gasteiger partial charge on any atom is 0.257 e. The number of benzene rings is 2. The quantitative estimate of drug-likeness (QED) is 0.747. The molecule has 1 aromatic heterocycles. The maximum atomic E-state index is 13.1. The lowest BCUT2D eigenvalue weighted by atomic mass is 10.0. The smallest absolute Gasteiger partial charge is 0.257 e. The Morgan fingerprint density at radius 1 is 1.04 bits per heavy atom. The number of fused-ring (bicyclic) bond motifs is 1. The van der Waals surface area contributed by atoms with Crippen LogP contribution in [0.25, 0.3) is 5.69 Å². The lowest BCUT2D eigenvalue weighted by Crippen LogP contribution is -2.43. The monoisotopic (exact) mass is 360 g/mol. The highest BCUT2D eigenvalue weighted by Gasteiger charge is 2.35. The van der Waals surface area contributed by atoms with Gasteiger partial charge in [-0.05, 0) is 44.5 Å². The predicted octanol–water partition coefficient (Wildman–Crippen LogP) is 4.47. The molecule has 0 fully saturated rings. The Balaban J connectivity index is 1.82. The van der Waals surface area contributed by atoms with Crippen LogP contribution < -0.4 is 5.32 Å². The van der Waals surface area contributed by atoms with Crippen molar-refractivity contribution in [3.63, 3.8) is 0 Å². The van der Waals surface area contributed by atoms with Crippen molar-refractivity contribution in [2.75, 3.05) is 11.9 Å². The molecule has 1 atom stereocenters. The van der Waals surface area contributed by atoms with Crippen LogP contribution >= 0.6 is 0 Å². The number of nitrogens with one attached hydrogen (secondary N) is 1. The molecule has 5 nitrogen and oxygen atoms in total. The van der Waals surface area contributed by atoms with E-state index in [-0.39, 0.29) is 12.1 Å². The minimum Gasteiger partial charge on any atom is -0.361 e. The largest absolute Gasteiger partial charge is 0.361 e. The lowest BCUT2D eigenvalue weighted by Gasteiger charge is -2.38. The highest BCUT2D eigenvalue weighted by molar-refractivity contribution is 6.01. The lowest BCUT2D eigenvalue weighted by molar-refractivity contribution is 0.0682. The zero-order valence-corrected chi connectivity index (χ0v) is 15.9. The fourth-order valence-corrected chi connectivity index (χ4v) is 3.86. The van der Waals surface area contributed by atoms with Gasteiger partial charge in [-0.2, -0.15) is 5.10 Å². The van der Waals surface area contributed by atoms with Crippen LogP contribution in [-0.4, -0.2) is 27.1 Å². The molecule has 2 heterocycles. The zero-order valence-electron chi connectivity index (χ0n) is 15.9. The van der Waals surface area contributed by atoms with Gasteiger partial charge in [-0.1, -0.05) is 37.3 Å². The normalized spacial score (nSPS) is 16.2. The third-order valence-corrected chi connectivity index (χ3v) is 5.11. The number of amides is 1. The van der Waals surface area contributed by atoms with Crippen LogP contribution in [0.1, 0.15) is 46.8 Å². The van der Waals surface area contributed by atoms with Gasteiger partial charge in [0, 0.05) is 23.5 Å². The third-order valence-electron chi connectivity index (χ3n) is 5.11. The van der Waals surface area contributed by atoms with E-state index in [0.29, 0.717) is 6.54 Å². The third kappa shape index (κ3) is 2.89. The Morgan fingerprint density at radius 3 is 2.48 bits per heavy atom. The SMILES string of the molecule is CCCN1C(=O)c2ccccc2N[C@@H]1c1c(C)nn(-c2ccccc2)c1C. The average molecular weight is 360 g/mol. The number of carbonyl (C=O) groups is 1. The van der Waals surface area contributed by atoms with Crippen LogP contribution in [0.5, 0.6) is 0 Å². The fourth-order valence-electron chi connectivity index (χ4n) is 3.86. The summed E-state index contributed by atoms with van der Waals surface area (Å²) in [6, 6.07) is 17.8. The number of hydrogen-bond donors (Lipinski definition) is 1. The fraction of sp³-hybridized carbons (Fsp3) is 0.273. The highest BCUT2D eigenvalue weighted by atomic mass is 16.2. The second kappa shape index (κ2) is 6.91. The topological polar surface area (TPSA) is 50.2 Å². The summed E-state index contributed by atoms with van der Waals surface area (Å²) >= 11 is 0. The molecule has 138 valence electrons. The van der Waals surface area contributed by atoms with Crippen LogP contribution in [0.4, 0.5) is 5.69 Å². The number of aryl methyl sites for hydroxylation is 1. The van der Waals surface area contributed by atoms with Crippen molar-refractivity contribution < 1.29 is 4.79 Å². The van der Waals surface area contributed by atoms with E-state index in [4.69, 9.17) is 5.10 Å². The Morgan fingerprint density at radius 2 is 1.74 bits per heavy atom. The molecule has 0 bridgehead atoms. The van der Waals surface area contributed by atoms with Gasteiger partial charge in [-0.25, -0.2) is 4.68 Å². The van der Waals surface area contributed by atoms with Crippen molar-refractivity contribution in [1.82, 2.24) is 14.7 Å². The standard InChI is InChI=1S/C22H24N4O/c1-4-14-25-21(23-19-13-9-8-12-18(19)22(25)27)20-15(2)24-26(16(20)3)17-10-6-5-7-11-17/h5-13,21,23H,4,14H2,1-3H3/t21-/m0/s1. The first-order chi connectivity index (χ1) is 13.1. The van der Waals surface area contributed by atoms with Crippen LogP contribution in [0.2, 0.25) is 0 Å². The molecule has 1 amide bonds. The molecule has 4 rings (SSSR count). The van der Waals surface area contributed by atoms with Crippen LogP contribution in [0.15, 0.2) is 54.6 Å². The first-order valence-corrected chi connectivity index (χ1v) is 9.40. The molecular formula is C22H24N4O. The Hall–Kier alpha value is -3.08. The molecule has 0 unspecified atom stereocenters. The summed E-state index contributed by atoms with van der Waals surface area (Å²) in [7, 11) is 0. The molecule has 1 aliphatic rings. The molecule has 0 spiro atoms. The van der Waals surface area contributed by atoms with Gasteiger partial charge in [0.05, 0.1) is 16.9 Å². The molecule has 0 saturated carbocycles. The van der Waals surface area contributed by atoms with Crippen molar-refractivity contribution >= 4 is 11.6 Å². The van der Waals surface area contributed by atoms with E-state index < -0.39 is 0 Å². The number of anilines is 1. The number of hydrogen-bond acceptors (Lipinski definition) is 3. The van der Waals surface area contributed by atoms with E-state index in [9.17, 15) is 4.79 Å². The maximum absolute atomic E-state index is 13.1. The minimum absolute atomic E-state index is 0.0717. The summed E-state index contributed by atoms with van der Waals surface area (Å²) in [5, 5.41) is 8.35. The number of aromatic nitrogens is 2. The average Bonchev–Trinajstić information content (AvgIpc) is 2.99.